The van der Waals surface area contributed by atoms with Gasteiger partial charge in [0.25, 0.3) is 0 Å². The Hall–Kier alpha value is -1.25. The van der Waals surface area contributed by atoms with E-state index >= 15 is 0 Å². The van der Waals surface area contributed by atoms with Gasteiger partial charge < -0.3 is 9.84 Å². The van der Waals surface area contributed by atoms with Crippen molar-refractivity contribution < 1.29 is 4.52 Å². The summed E-state index contributed by atoms with van der Waals surface area (Å²) >= 11 is 0. The molecule has 0 aliphatic carbocycles. The molecule has 0 spiro atoms. The molecule has 0 aliphatic heterocycles. The largest absolute Gasteiger partial charge is 0.354 e. The monoisotopic (exact) mass is 166 g/mol. The lowest BCUT2D eigenvalue weighted by molar-refractivity contribution is 0.427. The fourth-order valence-electron chi connectivity index (χ4n) is 1.07. The number of rotatable bonds is 4. The van der Waals surface area contributed by atoms with Crippen LogP contribution in [0.3, 0.4) is 0 Å². The first-order chi connectivity index (χ1) is 5.79. The summed E-state index contributed by atoms with van der Waals surface area (Å²) in [4.78, 5) is 0. The highest BCUT2D eigenvalue weighted by atomic mass is 16.5. The SMILES string of the molecule is C=CCc1c(C)noc1NCC. The van der Waals surface area contributed by atoms with Gasteiger partial charge in [-0.15, -0.1) is 6.58 Å². The molecule has 0 saturated carbocycles. The van der Waals surface area contributed by atoms with Crippen LogP contribution in [0.2, 0.25) is 0 Å². The van der Waals surface area contributed by atoms with Crippen molar-refractivity contribution in [1.29, 1.82) is 0 Å². The van der Waals surface area contributed by atoms with Crippen molar-refractivity contribution in [1.82, 2.24) is 5.16 Å². The Morgan fingerprint density at radius 3 is 3.00 bits per heavy atom. The minimum Gasteiger partial charge on any atom is -0.354 e. The van der Waals surface area contributed by atoms with Gasteiger partial charge >= 0.3 is 0 Å². The molecule has 0 aromatic carbocycles. The zero-order chi connectivity index (χ0) is 8.97. The standard InChI is InChI=1S/C9H14N2O/c1-4-6-8-7(3)11-12-9(8)10-5-2/h4,10H,1,5-6H2,2-3H3. The molecule has 1 heterocycles. The summed E-state index contributed by atoms with van der Waals surface area (Å²) in [5, 5.41) is 6.97. The Morgan fingerprint density at radius 2 is 2.42 bits per heavy atom. The van der Waals surface area contributed by atoms with Crippen LogP contribution in [0.1, 0.15) is 18.2 Å². The van der Waals surface area contributed by atoms with E-state index in [-0.39, 0.29) is 0 Å². The maximum Gasteiger partial charge on any atom is 0.228 e. The third-order valence-corrected chi connectivity index (χ3v) is 1.67. The molecular formula is C9H14N2O. The summed E-state index contributed by atoms with van der Waals surface area (Å²) in [6.07, 6.45) is 2.65. The number of aryl methyl sites for hydroxylation is 1. The number of nitrogens with one attached hydrogen (secondary N) is 1. The molecule has 1 aromatic rings. The summed E-state index contributed by atoms with van der Waals surface area (Å²) in [7, 11) is 0. The number of hydrogen-bond acceptors (Lipinski definition) is 3. The molecule has 0 aliphatic rings. The van der Waals surface area contributed by atoms with Gasteiger partial charge in [-0.25, -0.2) is 0 Å². The molecule has 0 atom stereocenters. The average molecular weight is 166 g/mol. The summed E-state index contributed by atoms with van der Waals surface area (Å²) in [6.45, 7) is 8.48. The summed E-state index contributed by atoms with van der Waals surface area (Å²) in [5.74, 6) is 0.773. The highest BCUT2D eigenvalue weighted by Gasteiger charge is 2.09. The van der Waals surface area contributed by atoms with Crippen LogP contribution in [-0.2, 0) is 6.42 Å². The Labute approximate surface area is 72.4 Å². The molecule has 0 unspecified atom stereocenters. The molecule has 1 aromatic heterocycles. The summed E-state index contributed by atoms with van der Waals surface area (Å²) < 4.78 is 5.08. The molecule has 3 nitrogen and oxygen atoms in total. The van der Waals surface area contributed by atoms with E-state index in [0.29, 0.717) is 0 Å². The molecule has 0 saturated heterocycles. The fourth-order valence-corrected chi connectivity index (χ4v) is 1.07. The van der Waals surface area contributed by atoms with E-state index in [4.69, 9.17) is 4.52 Å². The minimum absolute atomic E-state index is 0.773. The van der Waals surface area contributed by atoms with Crippen LogP contribution < -0.4 is 5.32 Å². The predicted octanol–water partition coefficient (Wildman–Crippen LogP) is 2.14. The van der Waals surface area contributed by atoms with Crippen molar-refractivity contribution >= 4 is 5.88 Å². The van der Waals surface area contributed by atoms with E-state index in [2.05, 4.69) is 17.1 Å². The van der Waals surface area contributed by atoms with Crippen LogP contribution in [0.4, 0.5) is 5.88 Å². The van der Waals surface area contributed by atoms with E-state index < -0.39 is 0 Å². The first-order valence-electron chi connectivity index (χ1n) is 4.09. The topological polar surface area (TPSA) is 38.1 Å². The molecule has 0 fully saturated rings. The zero-order valence-corrected chi connectivity index (χ0v) is 7.55. The molecule has 0 amide bonds. The van der Waals surface area contributed by atoms with E-state index in [1.807, 2.05) is 19.9 Å². The lowest BCUT2D eigenvalue weighted by Crippen LogP contribution is -1.98. The van der Waals surface area contributed by atoms with Crippen molar-refractivity contribution in [2.75, 3.05) is 11.9 Å². The van der Waals surface area contributed by atoms with Crippen molar-refractivity contribution in [3.8, 4) is 0 Å². The van der Waals surface area contributed by atoms with Gasteiger partial charge in [0.15, 0.2) is 0 Å². The van der Waals surface area contributed by atoms with Crippen LogP contribution in [0.15, 0.2) is 17.2 Å². The minimum atomic E-state index is 0.773. The Kier molecular flexibility index (Phi) is 2.91. The number of nitrogens with zero attached hydrogens (tertiary/aromatic N) is 1. The van der Waals surface area contributed by atoms with Crippen molar-refractivity contribution in [2.45, 2.75) is 20.3 Å². The van der Waals surface area contributed by atoms with E-state index in [1.54, 1.807) is 0 Å². The van der Waals surface area contributed by atoms with Crippen LogP contribution in [0.5, 0.6) is 0 Å². The maximum absolute atomic E-state index is 5.08. The van der Waals surface area contributed by atoms with Crippen LogP contribution in [0.25, 0.3) is 0 Å². The Morgan fingerprint density at radius 1 is 1.67 bits per heavy atom. The highest BCUT2D eigenvalue weighted by molar-refractivity contribution is 5.44. The molecule has 12 heavy (non-hydrogen) atoms. The fraction of sp³-hybridized carbons (Fsp3) is 0.444. The molecule has 1 N–H and O–H groups in total. The first kappa shape index (κ1) is 8.84. The van der Waals surface area contributed by atoms with Crippen LogP contribution >= 0.6 is 0 Å². The van der Waals surface area contributed by atoms with Crippen molar-refractivity contribution in [3.05, 3.63) is 23.9 Å². The maximum atomic E-state index is 5.08. The van der Waals surface area contributed by atoms with Crippen LogP contribution in [0, 0.1) is 6.92 Å². The molecule has 0 bridgehead atoms. The second kappa shape index (κ2) is 3.95. The summed E-state index contributed by atoms with van der Waals surface area (Å²) in [6, 6.07) is 0. The quantitative estimate of drug-likeness (QED) is 0.696. The second-order valence-electron chi connectivity index (χ2n) is 2.60. The number of allylic oxidation sites excluding steroid dienone is 1. The molecular weight excluding hydrogens is 152 g/mol. The number of aromatic nitrogens is 1. The Bertz CT molecular complexity index is 265. The first-order valence-corrected chi connectivity index (χ1v) is 4.09. The highest BCUT2D eigenvalue weighted by Crippen LogP contribution is 2.19. The lowest BCUT2D eigenvalue weighted by Gasteiger charge is -1.98. The number of hydrogen-bond donors (Lipinski definition) is 1. The van der Waals surface area contributed by atoms with Gasteiger partial charge in [0.2, 0.25) is 5.88 Å². The van der Waals surface area contributed by atoms with Gasteiger partial charge in [0, 0.05) is 12.1 Å². The zero-order valence-electron chi connectivity index (χ0n) is 7.55. The van der Waals surface area contributed by atoms with Crippen molar-refractivity contribution in [2.24, 2.45) is 0 Å². The van der Waals surface area contributed by atoms with E-state index in [0.717, 1.165) is 30.1 Å². The second-order valence-corrected chi connectivity index (χ2v) is 2.60. The lowest BCUT2D eigenvalue weighted by atomic mass is 10.2. The van der Waals surface area contributed by atoms with E-state index in [9.17, 15) is 0 Å². The average Bonchev–Trinajstić information content (AvgIpc) is 2.37. The molecule has 1 rings (SSSR count). The molecule has 3 heteroatoms. The van der Waals surface area contributed by atoms with E-state index in [1.165, 1.54) is 0 Å². The smallest absolute Gasteiger partial charge is 0.228 e. The normalized spacial score (nSPS) is 9.83. The third kappa shape index (κ3) is 1.67. The van der Waals surface area contributed by atoms with Gasteiger partial charge in [-0.1, -0.05) is 11.2 Å². The molecule has 0 radical (unpaired) electrons. The molecule has 66 valence electrons. The van der Waals surface area contributed by atoms with Gasteiger partial charge in [0.1, 0.15) is 0 Å². The third-order valence-electron chi connectivity index (χ3n) is 1.67. The van der Waals surface area contributed by atoms with Crippen molar-refractivity contribution in [3.63, 3.8) is 0 Å². The van der Waals surface area contributed by atoms with Gasteiger partial charge in [0.05, 0.1) is 5.69 Å². The predicted molar refractivity (Wildman–Crippen MR) is 49.3 cm³/mol. The van der Waals surface area contributed by atoms with Gasteiger partial charge in [-0.3, -0.25) is 0 Å². The van der Waals surface area contributed by atoms with Crippen LogP contribution in [-0.4, -0.2) is 11.7 Å². The Balaban J connectivity index is 2.86. The van der Waals surface area contributed by atoms with Gasteiger partial charge in [-0.2, -0.15) is 0 Å². The number of anilines is 1. The van der Waals surface area contributed by atoms with Gasteiger partial charge in [-0.05, 0) is 20.3 Å². The summed E-state index contributed by atoms with van der Waals surface area (Å²) in [5.41, 5.74) is 2.04.